The first-order chi connectivity index (χ1) is 13.5. The molecular weight excluding hydrogens is 366 g/mol. The van der Waals surface area contributed by atoms with E-state index in [1.807, 2.05) is 18.2 Å². The van der Waals surface area contributed by atoms with Crippen LogP contribution in [0.2, 0.25) is 0 Å². The van der Waals surface area contributed by atoms with Gasteiger partial charge in [-0.15, -0.1) is 0 Å². The molecule has 0 aliphatic carbocycles. The summed E-state index contributed by atoms with van der Waals surface area (Å²) < 4.78 is 27.1. The SMILES string of the molecule is O=C1Cc2cc(CCCC(=O)NC(CCO)c3ccc(F)cc3F)ccc2N1. The molecule has 5 nitrogen and oxygen atoms in total. The van der Waals surface area contributed by atoms with E-state index in [1.54, 1.807) is 0 Å². The Morgan fingerprint density at radius 3 is 2.79 bits per heavy atom. The van der Waals surface area contributed by atoms with Gasteiger partial charge in [-0.25, -0.2) is 8.78 Å². The standard InChI is InChI=1S/C21H22F2N2O3/c22-15-5-6-16(17(23)12-15)19(8-9-26)25-20(27)3-1-2-13-4-7-18-14(10-13)11-21(28)24-18/h4-7,10,12,19,26H,1-3,8-9,11H2,(H,24,28)(H,25,27). The van der Waals surface area contributed by atoms with Crippen molar-refractivity contribution < 1.29 is 23.5 Å². The molecule has 1 atom stereocenters. The Morgan fingerprint density at radius 1 is 1.21 bits per heavy atom. The van der Waals surface area contributed by atoms with Crippen LogP contribution in [0.4, 0.5) is 14.5 Å². The van der Waals surface area contributed by atoms with E-state index >= 15 is 0 Å². The zero-order valence-corrected chi connectivity index (χ0v) is 15.3. The van der Waals surface area contributed by atoms with Crippen molar-refractivity contribution in [3.63, 3.8) is 0 Å². The molecule has 1 aliphatic rings. The van der Waals surface area contributed by atoms with Crippen molar-refractivity contribution in [1.82, 2.24) is 5.32 Å². The highest BCUT2D eigenvalue weighted by Gasteiger charge is 2.19. The average Bonchev–Trinajstić information content (AvgIpc) is 3.01. The summed E-state index contributed by atoms with van der Waals surface area (Å²) in [5.74, 6) is -1.73. The van der Waals surface area contributed by atoms with Crippen molar-refractivity contribution in [2.24, 2.45) is 0 Å². The van der Waals surface area contributed by atoms with Gasteiger partial charge in [-0.05, 0) is 42.5 Å². The number of rotatable bonds is 8. The number of hydrogen-bond donors (Lipinski definition) is 3. The highest BCUT2D eigenvalue weighted by atomic mass is 19.1. The molecule has 0 bridgehead atoms. The first-order valence-electron chi connectivity index (χ1n) is 9.23. The molecular formula is C21H22F2N2O3. The van der Waals surface area contributed by atoms with Crippen LogP contribution in [-0.4, -0.2) is 23.5 Å². The highest BCUT2D eigenvalue weighted by Crippen LogP contribution is 2.25. The predicted octanol–water partition coefficient (Wildman–Crippen LogP) is 3.02. The minimum absolute atomic E-state index is 0.0190. The monoisotopic (exact) mass is 388 g/mol. The van der Waals surface area contributed by atoms with Crippen LogP contribution in [0.5, 0.6) is 0 Å². The lowest BCUT2D eigenvalue weighted by Gasteiger charge is -2.19. The number of aliphatic hydroxyl groups is 1. The number of hydrogen-bond acceptors (Lipinski definition) is 3. The van der Waals surface area contributed by atoms with Gasteiger partial charge < -0.3 is 15.7 Å². The first kappa shape index (κ1) is 19.9. The minimum atomic E-state index is -0.750. The van der Waals surface area contributed by atoms with E-state index in [0.717, 1.165) is 28.9 Å². The molecule has 2 aromatic rings. The summed E-state index contributed by atoms with van der Waals surface area (Å²) in [7, 11) is 0. The lowest BCUT2D eigenvalue weighted by molar-refractivity contribution is -0.122. The number of halogens is 2. The van der Waals surface area contributed by atoms with Gasteiger partial charge in [0.25, 0.3) is 0 Å². The number of carbonyl (C=O) groups excluding carboxylic acids is 2. The normalized spacial score (nSPS) is 13.8. The molecule has 0 saturated heterocycles. The summed E-state index contributed by atoms with van der Waals surface area (Å²) in [6, 6.07) is 8.21. The largest absolute Gasteiger partial charge is 0.396 e. The number of benzene rings is 2. The Balaban J connectivity index is 1.54. The van der Waals surface area contributed by atoms with Crippen LogP contribution in [0.3, 0.4) is 0 Å². The fourth-order valence-corrected chi connectivity index (χ4v) is 3.38. The van der Waals surface area contributed by atoms with Crippen LogP contribution < -0.4 is 10.6 Å². The second kappa shape index (κ2) is 8.93. The minimum Gasteiger partial charge on any atom is -0.396 e. The van der Waals surface area contributed by atoms with E-state index in [9.17, 15) is 23.5 Å². The molecule has 2 amide bonds. The second-order valence-corrected chi connectivity index (χ2v) is 6.87. The zero-order valence-electron chi connectivity index (χ0n) is 15.3. The fraction of sp³-hybridized carbons (Fsp3) is 0.333. The van der Waals surface area contributed by atoms with Crippen molar-refractivity contribution in [3.05, 3.63) is 64.7 Å². The topological polar surface area (TPSA) is 78.4 Å². The van der Waals surface area contributed by atoms with E-state index in [-0.39, 0.29) is 36.8 Å². The van der Waals surface area contributed by atoms with E-state index in [4.69, 9.17) is 0 Å². The predicted molar refractivity (Wildman–Crippen MR) is 101 cm³/mol. The van der Waals surface area contributed by atoms with Crippen molar-refractivity contribution >= 4 is 17.5 Å². The molecule has 1 unspecified atom stereocenters. The smallest absolute Gasteiger partial charge is 0.228 e. The van der Waals surface area contributed by atoms with Gasteiger partial charge in [0.1, 0.15) is 11.6 Å². The van der Waals surface area contributed by atoms with Gasteiger partial charge in [-0.3, -0.25) is 9.59 Å². The van der Waals surface area contributed by atoms with Gasteiger partial charge in [-0.2, -0.15) is 0 Å². The van der Waals surface area contributed by atoms with Gasteiger partial charge >= 0.3 is 0 Å². The van der Waals surface area contributed by atoms with Crippen LogP contribution >= 0.6 is 0 Å². The first-order valence-corrected chi connectivity index (χ1v) is 9.23. The third-order valence-corrected chi connectivity index (χ3v) is 4.75. The molecule has 7 heteroatoms. The van der Waals surface area contributed by atoms with E-state index in [2.05, 4.69) is 10.6 Å². The van der Waals surface area contributed by atoms with Crippen LogP contribution in [-0.2, 0) is 22.4 Å². The summed E-state index contributed by atoms with van der Waals surface area (Å²) in [5, 5.41) is 14.7. The van der Waals surface area contributed by atoms with Gasteiger partial charge in [0.2, 0.25) is 11.8 Å². The molecule has 2 aromatic carbocycles. The van der Waals surface area contributed by atoms with Crippen LogP contribution in [0.25, 0.3) is 0 Å². The number of aryl methyl sites for hydroxylation is 1. The fourth-order valence-electron chi connectivity index (χ4n) is 3.38. The van der Waals surface area contributed by atoms with Crippen molar-refractivity contribution in [3.8, 4) is 0 Å². The van der Waals surface area contributed by atoms with Gasteiger partial charge in [-0.1, -0.05) is 18.2 Å². The summed E-state index contributed by atoms with van der Waals surface area (Å²) in [4.78, 5) is 23.7. The highest BCUT2D eigenvalue weighted by molar-refractivity contribution is 5.99. The maximum Gasteiger partial charge on any atom is 0.228 e. The maximum atomic E-state index is 14.0. The molecule has 1 aliphatic heterocycles. The van der Waals surface area contributed by atoms with E-state index in [1.165, 1.54) is 6.07 Å². The molecule has 28 heavy (non-hydrogen) atoms. The lowest BCUT2D eigenvalue weighted by Crippen LogP contribution is -2.29. The number of aliphatic hydroxyl groups excluding tert-OH is 1. The maximum absolute atomic E-state index is 14.0. The Bertz CT molecular complexity index is 886. The van der Waals surface area contributed by atoms with Gasteiger partial charge in [0.15, 0.2) is 0 Å². The second-order valence-electron chi connectivity index (χ2n) is 6.87. The Kier molecular flexibility index (Phi) is 6.36. The van der Waals surface area contributed by atoms with Crippen LogP contribution in [0, 0.1) is 11.6 Å². The van der Waals surface area contributed by atoms with Crippen molar-refractivity contribution in [2.45, 2.75) is 38.1 Å². The molecule has 3 N–H and O–H groups in total. The zero-order chi connectivity index (χ0) is 20.1. The third kappa shape index (κ3) is 4.92. The van der Waals surface area contributed by atoms with Crippen LogP contribution in [0.1, 0.15) is 42.0 Å². The summed E-state index contributed by atoms with van der Waals surface area (Å²) in [5.41, 5.74) is 2.99. The van der Waals surface area contributed by atoms with Crippen molar-refractivity contribution in [1.29, 1.82) is 0 Å². The Hall–Kier alpha value is -2.80. The molecule has 0 spiro atoms. The summed E-state index contributed by atoms with van der Waals surface area (Å²) in [6.07, 6.45) is 2.00. The quantitative estimate of drug-likeness (QED) is 0.651. The Morgan fingerprint density at radius 2 is 2.04 bits per heavy atom. The van der Waals surface area contributed by atoms with Crippen LogP contribution in [0.15, 0.2) is 36.4 Å². The molecule has 0 aromatic heterocycles. The Labute approximate surface area is 161 Å². The van der Waals surface area contributed by atoms with E-state index in [0.29, 0.717) is 19.3 Å². The van der Waals surface area contributed by atoms with Crippen molar-refractivity contribution in [2.75, 3.05) is 11.9 Å². The molecule has 0 radical (unpaired) electrons. The molecule has 3 rings (SSSR count). The van der Waals surface area contributed by atoms with Gasteiger partial charge in [0, 0.05) is 30.3 Å². The number of nitrogens with one attached hydrogen (secondary N) is 2. The van der Waals surface area contributed by atoms with Gasteiger partial charge in [0.05, 0.1) is 12.5 Å². The van der Waals surface area contributed by atoms with E-state index < -0.39 is 17.7 Å². The lowest BCUT2D eigenvalue weighted by atomic mass is 10.0. The average molecular weight is 388 g/mol. The summed E-state index contributed by atoms with van der Waals surface area (Å²) in [6.45, 7) is -0.232. The number of amides is 2. The molecule has 148 valence electrons. The number of fused-ring (bicyclic) bond motifs is 1. The number of carbonyl (C=O) groups is 2. The molecule has 0 fully saturated rings. The summed E-state index contributed by atoms with van der Waals surface area (Å²) >= 11 is 0. The molecule has 0 saturated carbocycles. The number of anilines is 1. The molecule has 1 heterocycles. The third-order valence-electron chi connectivity index (χ3n) is 4.75.